The van der Waals surface area contributed by atoms with E-state index in [4.69, 9.17) is 21.3 Å². The number of hydrogen-bond donors (Lipinski definition) is 0. The van der Waals surface area contributed by atoms with E-state index in [-0.39, 0.29) is 5.60 Å². The van der Waals surface area contributed by atoms with E-state index in [9.17, 15) is 0 Å². The molecule has 0 radical (unpaired) electrons. The Hall–Kier alpha value is -0.190. The first-order chi connectivity index (χ1) is 9.63. The van der Waals surface area contributed by atoms with E-state index in [2.05, 4.69) is 27.8 Å². The van der Waals surface area contributed by atoms with Crippen LogP contribution in [0.1, 0.15) is 63.9 Å². The standard InChI is InChI=1S/C15H22BrClN2O/c1-3-8-11-12(16)13(17)19-14(18-11)15(20-4-2)9-6-5-7-10-15/h3-10H2,1-2H3. The van der Waals surface area contributed by atoms with E-state index >= 15 is 0 Å². The van der Waals surface area contributed by atoms with Crippen LogP contribution in [0.3, 0.4) is 0 Å². The van der Waals surface area contributed by atoms with Crippen LogP contribution < -0.4 is 0 Å². The highest BCUT2D eigenvalue weighted by Gasteiger charge is 2.38. The molecule has 1 aromatic heterocycles. The van der Waals surface area contributed by atoms with Gasteiger partial charge < -0.3 is 4.74 Å². The van der Waals surface area contributed by atoms with Crippen LogP contribution in [-0.4, -0.2) is 16.6 Å². The lowest BCUT2D eigenvalue weighted by Gasteiger charge is -2.35. The van der Waals surface area contributed by atoms with Crippen molar-refractivity contribution < 1.29 is 4.74 Å². The Morgan fingerprint density at radius 1 is 1.20 bits per heavy atom. The number of rotatable bonds is 5. The smallest absolute Gasteiger partial charge is 0.162 e. The van der Waals surface area contributed by atoms with Crippen molar-refractivity contribution in [2.75, 3.05) is 6.61 Å². The zero-order valence-corrected chi connectivity index (χ0v) is 14.6. The summed E-state index contributed by atoms with van der Waals surface area (Å²) in [4.78, 5) is 9.28. The number of halogens is 2. The number of aryl methyl sites for hydroxylation is 1. The first-order valence-electron chi connectivity index (χ1n) is 7.49. The van der Waals surface area contributed by atoms with E-state index in [0.717, 1.165) is 41.7 Å². The van der Waals surface area contributed by atoms with E-state index in [1.165, 1.54) is 19.3 Å². The molecule has 5 heteroatoms. The number of aromatic nitrogens is 2. The average Bonchev–Trinajstić information content (AvgIpc) is 2.45. The number of ether oxygens (including phenoxy) is 1. The van der Waals surface area contributed by atoms with Gasteiger partial charge in [0.2, 0.25) is 0 Å². The highest BCUT2D eigenvalue weighted by Crippen LogP contribution is 2.40. The van der Waals surface area contributed by atoms with Gasteiger partial charge in [-0.2, -0.15) is 0 Å². The van der Waals surface area contributed by atoms with E-state index in [0.29, 0.717) is 11.8 Å². The van der Waals surface area contributed by atoms with Crippen LogP contribution in [0, 0.1) is 0 Å². The topological polar surface area (TPSA) is 35.0 Å². The van der Waals surface area contributed by atoms with Crippen LogP contribution in [0.4, 0.5) is 0 Å². The summed E-state index contributed by atoms with van der Waals surface area (Å²) in [5.41, 5.74) is 0.659. The number of hydrogen-bond acceptors (Lipinski definition) is 3. The molecule has 3 nitrogen and oxygen atoms in total. The van der Waals surface area contributed by atoms with Crippen LogP contribution in [0.25, 0.3) is 0 Å². The molecule has 0 spiro atoms. The van der Waals surface area contributed by atoms with E-state index in [1.54, 1.807) is 0 Å². The second-order valence-corrected chi connectivity index (χ2v) is 6.49. The summed E-state index contributed by atoms with van der Waals surface area (Å²) >= 11 is 9.78. The molecule has 1 aliphatic carbocycles. The zero-order valence-electron chi connectivity index (χ0n) is 12.2. The molecule has 0 aromatic carbocycles. The third-order valence-corrected chi connectivity index (χ3v) is 5.19. The molecule has 112 valence electrons. The van der Waals surface area contributed by atoms with Crippen molar-refractivity contribution in [3.63, 3.8) is 0 Å². The maximum atomic E-state index is 6.28. The molecule has 0 saturated heterocycles. The lowest BCUT2D eigenvalue weighted by molar-refractivity contribution is -0.0768. The van der Waals surface area contributed by atoms with Gasteiger partial charge in [0.05, 0.1) is 10.2 Å². The van der Waals surface area contributed by atoms with E-state index in [1.807, 2.05) is 6.92 Å². The molecule has 1 heterocycles. The van der Waals surface area contributed by atoms with Gasteiger partial charge in [0, 0.05) is 6.61 Å². The van der Waals surface area contributed by atoms with E-state index < -0.39 is 0 Å². The summed E-state index contributed by atoms with van der Waals surface area (Å²) in [5, 5.41) is 0.503. The summed E-state index contributed by atoms with van der Waals surface area (Å²) in [6, 6.07) is 0. The van der Waals surface area contributed by atoms with Gasteiger partial charge in [0.15, 0.2) is 5.82 Å². The summed E-state index contributed by atoms with van der Waals surface area (Å²) in [5.74, 6) is 0.774. The van der Waals surface area contributed by atoms with Crippen LogP contribution in [-0.2, 0) is 16.8 Å². The van der Waals surface area contributed by atoms with Crippen LogP contribution in [0.5, 0.6) is 0 Å². The summed E-state index contributed by atoms with van der Waals surface area (Å²) in [6.45, 7) is 4.85. The Bertz CT molecular complexity index is 456. The molecule has 20 heavy (non-hydrogen) atoms. The fourth-order valence-electron chi connectivity index (χ4n) is 2.90. The van der Waals surface area contributed by atoms with Crippen molar-refractivity contribution in [1.29, 1.82) is 0 Å². The third-order valence-electron chi connectivity index (χ3n) is 3.86. The summed E-state index contributed by atoms with van der Waals surface area (Å²) in [6.07, 6.45) is 7.51. The molecule has 0 amide bonds. The maximum Gasteiger partial charge on any atom is 0.162 e. The molecule has 1 saturated carbocycles. The van der Waals surface area contributed by atoms with Crippen molar-refractivity contribution in [3.05, 3.63) is 21.1 Å². The SMILES string of the molecule is CCCc1nc(C2(OCC)CCCCC2)nc(Cl)c1Br. The minimum atomic E-state index is -0.334. The Balaban J connectivity index is 2.42. The Kier molecular flexibility index (Phi) is 5.82. The van der Waals surface area contributed by atoms with Gasteiger partial charge in [-0.05, 0) is 42.1 Å². The van der Waals surface area contributed by atoms with Gasteiger partial charge in [-0.15, -0.1) is 0 Å². The van der Waals surface area contributed by atoms with Crippen LogP contribution in [0.2, 0.25) is 5.15 Å². The Labute approximate surface area is 134 Å². The molecule has 1 aromatic rings. The molecule has 2 rings (SSSR count). The third kappa shape index (κ3) is 3.34. The zero-order chi connectivity index (χ0) is 14.6. The monoisotopic (exact) mass is 360 g/mol. The van der Waals surface area contributed by atoms with Crippen molar-refractivity contribution >= 4 is 27.5 Å². The van der Waals surface area contributed by atoms with Gasteiger partial charge in [0.1, 0.15) is 10.8 Å². The quantitative estimate of drug-likeness (QED) is 0.689. The Morgan fingerprint density at radius 3 is 2.50 bits per heavy atom. The lowest BCUT2D eigenvalue weighted by Crippen LogP contribution is -2.35. The summed E-state index contributed by atoms with van der Waals surface area (Å²) in [7, 11) is 0. The van der Waals surface area contributed by atoms with Crippen molar-refractivity contribution in [1.82, 2.24) is 9.97 Å². The molecule has 0 unspecified atom stereocenters. The molecule has 1 fully saturated rings. The van der Waals surface area contributed by atoms with Gasteiger partial charge in [0.25, 0.3) is 0 Å². The largest absolute Gasteiger partial charge is 0.367 e. The predicted molar refractivity (Wildman–Crippen MR) is 85.1 cm³/mol. The van der Waals surface area contributed by atoms with Crippen molar-refractivity contribution in [2.45, 2.75) is 64.4 Å². The first-order valence-corrected chi connectivity index (χ1v) is 8.66. The highest BCUT2D eigenvalue weighted by atomic mass is 79.9. The summed E-state index contributed by atoms with van der Waals surface area (Å²) < 4.78 is 6.91. The molecule has 0 aliphatic heterocycles. The average molecular weight is 362 g/mol. The molecular formula is C15H22BrClN2O. The maximum absolute atomic E-state index is 6.28. The van der Waals surface area contributed by atoms with Gasteiger partial charge in [-0.25, -0.2) is 9.97 Å². The fourth-order valence-corrected chi connectivity index (χ4v) is 3.47. The van der Waals surface area contributed by atoms with Crippen LogP contribution in [0.15, 0.2) is 4.47 Å². The van der Waals surface area contributed by atoms with Crippen molar-refractivity contribution in [3.8, 4) is 0 Å². The molecule has 0 N–H and O–H groups in total. The van der Waals surface area contributed by atoms with Gasteiger partial charge in [-0.1, -0.05) is 44.2 Å². The normalized spacial score (nSPS) is 18.2. The molecule has 0 atom stereocenters. The minimum Gasteiger partial charge on any atom is -0.367 e. The Morgan fingerprint density at radius 2 is 1.90 bits per heavy atom. The molecule has 1 aliphatic rings. The molecular weight excluding hydrogens is 340 g/mol. The fraction of sp³-hybridized carbons (Fsp3) is 0.733. The molecule has 0 bridgehead atoms. The highest BCUT2D eigenvalue weighted by molar-refractivity contribution is 9.10. The van der Waals surface area contributed by atoms with Gasteiger partial charge in [-0.3, -0.25) is 0 Å². The lowest BCUT2D eigenvalue weighted by atomic mass is 9.83. The minimum absolute atomic E-state index is 0.334. The van der Waals surface area contributed by atoms with Crippen LogP contribution >= 0.6 is 27.5 Å². The predicted octanol–water partition coefficient (Wildman–Crippen LogP) is 5.04. The van der Waals surface area contributed by atoms with Gasteiger partial charge >= 0.3 is 0 Å². The second kappa shape index (κ2) is 7.19. The first kappa shape index (κ1) is 16.2. The second-order valence-electron chi connectivity index (χ2n) is 5.34. The van der Waals surface area contributed by atoms with Crippen molar-refractivity contribution in [2.24, 2.45) is 0 Å². The number of nitrogens with zero attached hydrogens (tertiary/aromatic N) is 2.